The van der Waals surface area contributed by atoms with Crippen molar-refractivity contribution in [2.75, 3.05) is 26.2 Å². The predicted molar refractivity (Wildman–Crippen MR) is 132 cm³/mol. The first-order valence-corrected chi connectivity index (χ1v) is 14.0. The lowest BCUT2D eigenvalue weighted by Crippen LogP contribution is -2.58. The van der Waals surface area contributed by atoms with Crippen LogP contribution in [0.15, 0.2) is 18.2 Å². The zero-order valence-electron chi connectivity index (χ0n) is 20.3. The summed E-state index contributed by atoms with van der Waals surface area (Å²) in [6.07, 6.45) is 6.55. The van der Waals surface area contributed by atoms with Gasteiger partial charge in [-0.25, -0.2) is 14.7 Å². The van der Waals surface area contributed by atoms with Crippen molar-refractivity contribution in [3.63, 3.8) is 0 Å². The van der Waals surface area contributed by atoms with E-state index in [1.54, 1.807) is 4.90 Å². The van der Waals surface area contributed by atoms with Gasteiger partial charge in [0.25, 0.3) is 10.2 Å². The molecule has 34 heavy (non-hydrogen) atoms. The van der Waals surface area contributed by atoms with E-state index in [1.165, 1.54) is 25.7 Å². The van der Waals surface area contributed by atoms with Crippen LogP contribution < -0.4 is 9.86 Å². The van der Waals surface area contributed by atoms with Gasteiger partial charge in [0.05, 0.1) is 12.0 Å². The highest BCUT2D eigenvalue weighted by Crippen LogP contribution is 2.45. The van der Waals surface area contributed by atoms with E-state index < -0.39 is 15.6 Å². The summed E-state index contributed by atoms with van der Waals surface area (Å²) in [5.41, 5.74) is 1.99. The Morgan fingerprint density at radius 3 is 2.47 bits per heavy atom. The van der Waals surface area contributed by atoms with Crippen molar-refractivity contribution in [3.05, 3.63) is 40.7 Å². The van der Waals surface area contributed by atoms with Crippen LogP contribution in [0.2, 0.25) is 0 Å². The lowest BCUT2D eigenvalue weighted by Gasteiger charge is -2.49. The Bertz CT molecular complexity index is 1050. The summed E-state index contributed by atoms with van der Waals surface area (Å²) in [6, 6.07) is 6.28. The maximum Gasteiger partial charge on any atom is 0.274 e. The normalized spacial score (nSPS) is 25.4. The molecule has 8 nitrogen and oxygen atoms in total. The molecule has 1 aliphatic carbocycles. The molecule has 0 bridgehead atoms. The zero-order valence-corrected chi connectivity index (χ0v) is 21.1. The number of fused-ring (bicyclic) bond motifs is 2. The first-order valence-electron chi connectivity index (χ1n) is 12.4. The minimum atomic E-state index is -3.81. The number of hydrogen-bond donors (Lipinski definition) is 2. The van der Waals surface area contributed by atoms with Gasteiger partial charge in [0.2, 0.25) is 5.91 Å². The van der Waals surface area contributed by atoms with Gasteiger partial charge < -0.3 is 9.80 Å². The third-order valence-corrected chi connectivity index (χ3v) is 8.93. The van der Waals surface area contributed by atoms with Crippen LogP contribution >= 0.6 is 0 Å². The molecular weight excluding hydrogens is 450 g/mol. The van der Waals surface area contributed by atoms with Crippen molar-refractivity contribution in [1.82, 2.24) is 14.5 Å². The fourth-order valence-electron chi connectivity index (χ4n) is 6.33. The van der Waals surface area contributed by atoms with Crippen LogP contribution in [0.1, 0.15) is 63.5 Å². The van der Waals surface area contributed by atoms with E-state index in [1.807, 2.05) is 18.2 Å². The van der Waals surface area contributed by atoms with E-state index in [2.05, 4.69) is 28.3 Å². The highest BCUT2D eigenvalue weighted by atomic mass is 32.2. The molecule has 2 heterocycles. The van der Waals surface area contributed by atoms with Crippen molar-refractivity contribution in [2.24, 2.45) is 17.0 Å². The van der Waals surface area contributed by atoms with Gasteiger partial charge in [-0.05, 0) is 74.6 Å². The summed E-state index contributed by atoms with van der Waals surface area (Å²) in [5.74, 6) is 1.64. The van der Waals surface area contributed by atoms with Gasteiger partial charge in [0.1, 0.15) is 0 Å². The van der Waals surface area contributed by atoms with E-state index in [-0.39, 0.29) is 19.0 Å². The Kier molecular flexibility index (Phi) is 7.34. The molecule has 1 aromatic rings. The third kappa shape index (κ3) is 5.15. The summed E-state index contributed by atoms with van der Waals surface area (Å²) in [5, 5.41) is 5.07. The number of nitrogens with one attached hydrogen (secondary N) is 1. The minimum absolute atomic E-state index is 0.0648. The van der Waals surface area contributed by atoms with E-state index in [0.717, 1.165) is 48.9 Å². The number of hydrogen-bond acceptors (Lipinski definition) is 4. The average Bonchev–Trinajstić information content (AvgIpc) is 2.81. The second-order valence-electron chi connectivity index (χ2n) is 10.6. The fourth-order valence-corrected chi connectivity index (χ4v) is 6.71. The van der Waals surface area contributed by atoms with E-state index in [0.29, 0.717) is 18.3 Å². The molecule has 2 aliphatic heterocycles. The second-order valence-corrected chi connectivity index (χ2v) is 11.9. The molecule has 1 saturated carbocycles. The van der Waals surface area contributed by atoms with Gasteiger partial charge in [0.15, 0.2) is 5.69 Å². The maximum atomic E-state index is 13.8. The zero-order chi connectivity index (χ0) is 24.5. The van der Waals surface area contributed by atoms with Gasteiger partial charge >= 0.3 is 0 Å². The van der Waals surface area contributed by atoms with Crippen LogP contribution in [0.5, 0.6) is 0 Å². The number of carbonyl (C=O) groups is 1. The molecule has 1 saturated heterocycles. The lowest BCUT2D eigenvalue weighted by atomic mass is 9.67. The first kappa shape index (κ1) is 25.1. The molecule has 9 heteroatoms. The van der Waals surface area contributed by atoms with Gasteiger partial charge in [-0.15, -0.1) is 0 Å². The fraction of sp³-hybridized carbons (Fsp3) is 0.680. The molecule has 3 aliphatic rings. The Labute approximate surface area is 203 Å². The van der Waals surface area contributed by atoms with Crippen LogP contribution in [0.4, 0.5) is 5.69 Å². The highest BCUT2D eigenvalue weighted by molar-refractivity contribution is 7.87. The van der Waals surface area contributed by atoms with Gasteiger partial charge in [0, 0.05) is 25.7 Å². The number of carbonyl (C=O) groups excluding carboxylic acids is 1. The van der Waals surface area contributed by atoms with Crippen molar-refractivity contribution in [1.29, 1.82) is 0 Å². The van der Waals surface area contributed by atoms with Crippen LogP contribution in [-0.4, -0.2) is 56.3 Å². The second kappa shape index (κ2) is 9.94. The molecule has 1 aromatic carbocycles. The summed E-state index contributed by atoms with van der Waals surface area (Å²) in [4.78, 5) is 21.7. The molecular formula is C25H37N5O3S. The summed E-state index contributed by atoms with van der Waals surface area (Å²) in [7, 11) is -3.81. The van der Waals surface area contributed by atoms with Crippen LogP contribution in [-0.2, 0) is 27.0 Å². The number of benzene rings is 1. The summed E-state index contributed by atoms with van der Waals surface area (Å²) < 4.78 is 24.9. The molecule has 0 unspecified atom stereocenters. The standard InChI is InChI=1S/C25H37N5O3S/c1-18(2)19-4-7-22(8-5-19)29-13-10-25(11-14-29)23-9-6-21(27-3)16-20(23)17-30(24(25)31)15-12-28-34(26,32)33/h6,9,16,18-19,22,28H,4-5,7-8,10-15,17H2,1-2H3,(H2,26,32,33). The molecule has 0 radical (unpaired) electrons. The van der Waals surface area contributed by atoms with Crippen LogP contribution in [0.25, 0.3) is 4.85 Å². The Balaban J connectivity index is 1.51. The van der Waals surface area contributed by atoms with E-state index in [9.17, 15) is 13.2 Å². The molecule has 1 spiro atoms. The Hall–Kier alpha value is -1.99. The number of nitrogens with two attached hydrogens (primary N) is 1. The number of likely N-dealkylation sites (tertiary alicyclic amines) is 1. The largest absolute Gasteiger partial charge is 0.336 e. The highest BCUT2D eigenvalue weighted by Gasteiger charge is 2.49. The molecule has 1 amide bonds. The smallest absolute Gasteiger partial charge is 0.274 e. The van der Waals surface area contributed by atoms with Crippen molar-refractivity contribution >= 4 is 21.8 Å². The third-order valence-electron chi connectivity index (χ3n) is 8.33. The van der Waals surface area contributed by atoms with Crippen molar-refractivity contribution in [2.45, 2.75) is 70.4 Å². The first-order chi connectivity index (χ1) is 16.1. The number of rotatable bonds is 6. The lowest BCUT2D eigenvalue weighted by molar-refractivity contribution is -0.142. The molecule has 2 fully saturated rings. The van der Waals surface area contributed by atoms with Gasteiger partial charge in [-0.3, -0.25) is 4.79 Å². The van der Waals surface area contributed by atoms with Crippen molar-refractivity contribution in [3.8, 4) is 0 Å². The van der Waals surface area contributed by atoms with Gasteiger partial charge in [-0.2, -0.15) is 8.42 Å². The van der Waals surface area contributed by atoms with Crippen molar-refractivity contribution < 1.29 is 13.2 Å². The Morgan fingerprint density at radius 2 is 1.88 bits per heavy atom. The monoisotopic (exact) mass is 487 g/mol. The maximum absolute atomic E-state index is 13.8. The number of piperidine rings is 1. The molecule has 3 N–H and O–H groups in total. The number of amides is 1. The topological polar surface area (TPSA) is 100 Å². The molecule has 186 valence electrons. The molecule has 0 aromatic heterocycles. The van der Waals surface area contributed by atoms with E-state index >= 15 is 0 Å². The van der Waals surface area contributed by atoms with Crippen LogP contribution in [0.3, 0.4) is 0 Å². The predicted octanol–water partition coefficient (Wildman–Crippen LogP) is 2.92. The van der Waals surface area contributed by atoms with Crippen LogP contribution in [0, 0.1) is 18.4 Å². The average molecular weight is 488 g/mol. The molecule has 4 rings (SSSR count). The number of nitrogens with zero attached hydrogens (tertiary/aromatic N) is 3. The Morgan fingerprint density at radius 1 is 1.21 bits per heavy atom. The SMILES string of the molecule is [C-]#[N+]c1ccc2c(c1)CN(CCNS(N)(=O)=O)C(=O)C21CCN(C2CCC(C(C)C)CC2)CC1. The quantitative estimate of drug-likeness (QED) is 0.603. The summed E-state index contributed by atoms with van der Waals surface area (Å²) in [6.45, 7) is 14.5. The summed E-state index contributed by atoms with van der Waals surface area (Å²) >= 11 is 0. The van der Waals surface area contributed by atoms with Gasteiger partial charge in [-0.1, -0.05) is 32.0 Å². The minimum Gasteiger partial charge on any atom is -0.336 e. The molecule has 0 atom stereocenters. The van der Waals surface area contributed by atoms with E-state index in [4.69, 9.17) is 11.7 Å².